The van der Waals surface area contributed by atoms with Crippen LogP contribution in [0.1, 0.15) is 38.5 Å². The van der Waals surface area contributed by atoms with E-state index >= 15 is 0 Å². The van der Waals surface area contributed by atoms with Crippen molar-refractivity contribution in [1.29, 1.82) is 0 Å². The molecule has 16 heavy (non-hydrogen) atoms. The first-order valence-corrected chi connectivity index (χ1v) is 8.01. The fraction of sp³-hybridized carbons (Fsp3) is 0.833. The standard InChI is InChI=1S/C12H23NO2S/c1-2-3-4-5-6-9-13-12-8-7-10-16(14,15)11-12/h2,12-13H,1,3-11H2. The molecule has 3 nitrogen and oxygen atoms in total. The van der Waals surface area contributed by atoms with Gasteiger partial charge in [0.25, 0.3) is 0 Å². The zero-order valence-electron chi connectivity index (χ0n) is 9.95. The van der Waals surface area contributed by atoms with Gasteiger partial charge >= 0.3 is 0 Å². The summed E-state index contributed by atoms with van der Waals surface area (Å²) in [4.78, 5) is 0. The maximum absolute atomic E-state index is 11.4. The third kappa shape index (κ3) is 5.66. The summed E-state index contributed by atoms with van der Waals surface area (Å²) >= 11 is 0. The number of rotatable bonds is 7. The highest BCUT2D eigenvalue weighted by Gasteiger charge is 2.23. The first-order valence-electron chi connectivity index (χ1n) is 6.19. The Kier molecular flexibility index (Phi) is 6.06. The van der Waals surface area contributed by atoms with Crippen molar-refractivity contribution in [3.8, 4) is 0 Å². The van der Waals surface area contributed by atoms with Crippen LogP contribution in [-0.2, 0) is 9.84 Å². The van der Waals surface area contributed by atoms with Gasteiger partial charge in [-0.05, 0) is 38.6 Å². The summed E-state index contributed by atoms with van der Waals surface area (Å²) in [5, 5.41) is 3.35. The van der Waals surface area contributed by atoms with Gasteiger partial charge in [-0.15, -0.1) is 6.58 Å². The summed E-state index contributed by atoms with van der Waals surface area (Å²) in [6, 6.07) is 0.193. The van der Waals surface area contributed by atoms with Gasteiger partial charge in [-0.1, -0.05) is 12.5 Å². The largest absolute Gasteiger partial charge is 0.313 e. The van der Waals surface area contributed by atoms with Gasteiger partial charge in [0.15, 0.2) is 9.84 Å². The number of unbranched alkanes of at least 4 members (excludes halogenated alkanes) is 3. The highest BCUT2D eigenvalue weighted by Crippen LogP contribution is 2.12. The summed E-state index contributed by atoms with van der Waals surface area (Å²) < 4.78 is 22.8. The lowest BCUT2D eigenvalue weighted by molar-refractivity contribution is 0.470. The monoisotopic (exact) mass is 245 g/mol. The van der Waals surface area contributed by atoms with Crippen LogP contribution in [0, 0.1) is 0 Å². The molecule has 0 aliphatic carbocycles. The van der Waals surface area contributed by atoms with Gasteiger partial charge in [-0.2, -0.15) is 0 Å². The quantitative estimate of drug-likeness (QED) is 0.550. The molecule has 0 amide bonds. The SMILES string of the molecule is C=CCCCCCNC1CCCS(=O)(=O)C1. The van der Waals surface area contributed by atoms with Crippen LogP contribution in [0.25, 0.3) is 0 Å². The van der Waals surface area contributed by atoms with E-state index in [1.54, 1.807) is 0 Å². The predicted molar refractivity (Wildman–Crippen MR) is 68.3 cm³/mol. The summed E-state index contributed by atoms with van der Waals surface area (Å²) in [7, 11) is -2.76. The van der Waals surface area contributed by atoms with Gasteiger partial charge in [0, 0.05) is 6.04 Å². The minimum absolute atomic E-state index is 0.193. The predicted octanol–water partition coefficient (Wildman–Crippen LogP) is 1.90. The summed E-state index contributed by atoms with van der Waals surface area (Å²) in [6.07, 6.45) is 8.36. The van der Waals surface area contributed by atoms with Crippen molar-refractivity contribution in [2.24, 2.45) is 0 Å². The van der Waals surface area contributed by atoms with Gasteiger partial charge in [0.05, 0.1) is 11.5 Å². The minimum Gasteiger partial charge on any atom is -0.313 e. The van der Waals surface area contributed by atoms with Crippen LogP contribution in [0.4, 0.5) is 0 Å². The van der Waals surface area contributed by atoms with E-state index in [0.717, 1.165) is 32.2 Å². The van der Waals surface area contributed by atoms with E-state index in [9.17, 15) is 8.42 Å². The molecule has 0 spiro atoms. The second-order valence-electron chi connectivity index (χ2n) is 4.55. The second kappa shape index (κ2) is 7.07. The van der Waals surface area contributed by atoms with E-state index in [1.165, 1.54) is 12.8 Å². The number of nitrogens with one attached hydrogen (secondary N) is 1. The molecule has 1 aliphatic heterocycles. The topological polar surface area (TPSA) is 46.2 Å². The molecule has 0 bridgehead atoms. The Hall–Kier alpha value is -0.350. The molecule has 1 heterocycles. The fourth-order valence-corrected chi connectivity index (χ4v) is 3.75. The maximum atomic E-state index is 11.4. The Morgan fingerprint density at radius 3 is 2.81 bits per heavy atom. The van der Waals surface area contributed by atoms with E-state index in [4.69, 9.17) is 0 Å². The minimum atomic E-state index is -2.76. The molecule has 0 aromatic carbocycles. The molecular weight excluding hydrogens is 222 g/mol. The summed E-state index contributed by atoms with van der Waals surface area (Å²) in [5.74, 6) is 0.712. The second-order valence-corrected chi connectivity index (χ2v) is 6.77. The smallest absolute Gasteiger partial charge is 0.151 e. The van der Waals surface area contributed by atoms with Crippen molar-refractivity contribution in [2.45, 2.75) is 44.6 Å². The van der Waals surface area contributed by atoms with Crippen molar-refractivity contribution < 1.29 is 8.42 Å². The molecular formula is C12H23NO2S. The Morgan fingerprint density at radius 1 is 1.31 bits per heavy atom. The zero-order chi connectivity index (χ0) is 11.9. The van der Waals surface area contributed by atoms with E-state index in [-0.39, 0.29) is 6.04 Å². The van der Waals surface area contributed by atoms with Gasteiger partial charge in [0.2, 0.25) is 0 Å². The average molecular weight is 245 g/mol. The van der Waals surface area contributed by atoms with Crippen molar-refractivity contribution in [3.63, 3.8) is 0 Å². The summed E-state index contributed by atoms with van der Waals surface area (Å²) in [5.41, 5.74) is 0. The Bertz CT molecular complexity index is 298. The molecule has 1 rings (SSSR count). The average Bonchev–Trinajstić information content (AvgIpc) is 2.22. The Balaban J connectivity index is 2.06. The lowest BCUT2D eigenvalue weighted by atomic mass is 10.1. The highest BCUT2D eigenvalue weighted by atomic mass is 32.2. The molecule has 1 fully saturated rings. The lowest BCUT2D eigenvalue weighted by Gasteiger charge is -2.23. The molecule has 94 valence electrons. The van der Waals surface area contributed by atoms with E-state index in [1.807, 2.05) is 6.08 Å². The first-order chi connectivity index (χ1) is 7.64. The van der Waals surface area contributed by atoms with Crippen LogP contribution >= 0.6 is 0 Å². The van der Waals surface area contributed by atoms with Crippen LogP contribution < -0.4 is 5.32 Å². The molecule has 1 unspecified atom stereocenters. The Labute approximate surface area is 99.2 Å². The third-order valence-electron chi connectivity index (χ3n) is 2.98. The molecule has 0 saturated carbocycles. The van der Waals surface area contributed by atoms with Crippen molar-refractivity contribution >= 4 is 9.84 Å². The molecule has 1 aliphatic rings. The highest BCUT2D eigenvalue weighted by molar-refractivity contribution is 7.91. The van der Waals surface area contributed by atoms with Gasteiger partial charge in [0.1, 0.15) is 0 Å². The van der Waals surface area contributed by atoms with Crippen LogP contribution in [0.3, 0.4) is 0 Å². The fourth-order valence-electron chi connectivity index (χ4n) is 2.08. The lowest BCUT2D eigenvalue weighted by Crippen LogP contribution is -2.40. The first kappa shape index (κ1) is 13.7. The van der Waals surface area contributed by atoms with E-state index in [2.05, 4.69) is 11.9 Å². The third-order valence-corrected chi connectivity index (χ3v) is 4.80. The molecule has 1 saturated heterocycles. The molecule has 4 heteroatoms. The molecule has 0 aromatic heterocycles. The summed E-state index contributed by atoms with van der Waals surface area (Å²) in [6.45, 7) is 4.63. The van der Waals surface area contributed by atoms with Crippen molar-refractivity contribution in [2.75, 3.05) is 18.1 Å². The number of sulfone groups is 1. The molecule has 0 aromatic rings. The maximum Gasteiger partial charge on any atom is 0.151 e. The van der Waals surface area contributed by atoms with Crippen molar-refractivity contribution in [1.82, 2.24) is 5.32 Å². The van der Waals surface area contributed by atoms with Crippen LogP contribution in [0.2, 0.25) is 0 Å². The molecule has 1 N–H and O–H groups in total. The van der Waals surface area contributed by atoms with Crippen LogP contribution in [0.5, 0.6) is 0 Å². The normalized spacial score (nSPS) is 24.1. The number of allylic oxidation sites excluding steroid dienone is 1. The van der Waals surface area contributed by atoms with Crippen LogP contribution in [0.15, 0.2) is 12.7 Å². The van der Waals surface area contributed by atoms with Gasteiger partial charge < -0.3 is 5.32 Å². The van der Waals surface area contributed by atoms with Gasteiger partial charge in [-0.3, -0.25) is 0 Å². The number of hydrogen-bond donors (Lipinski definition) is 1. The van der Waals surface area contributed by atoms with E-state index < -0.39 is 9.84 Å². The van der Waals surface area contributed by atoms with Gasteiger partial charge in [-0.25, -0.2) is 8.42 Å². The number of hydrogen-bond acceptors (Lipinski definition) is 3. The zero-order valence-corrected chi connectivity index (χ0v) is 10.8. The molecule has 0 radical (unpaired) electrons. The Morgan fingerprint density at radius 2 is 2.12 bits per heavy atom. The van der Waals surface area contributed by atoms with Crippen LogP contribution in [-0.4, -0.2) is 32.5 Å². The van der Waals surface area contributed by atoms with Crippen molar-refractivity contribution in [3.05, 3.63) is 12.7 Å². The molecule has 1 atom stereocenters. The van der Waals surface area contributed by atoms with E-state index in [0.29, 0.717) is 11.5 Å².